The molecule has 0 aromatic heterocycles. The number of hydrogen-bond donors (Lipinski definition) is 0. The van der Waals surface area contributed by atoms with Crippen molar-refractivity contribution >= 4 is 0 Å². The van der Waals surface area contributed by atoms with Gasteiger partial charge in [-0.15, -0.1) is 6.58 Å². The summed E-state index contributed by atoms with van der Waals surface area (Å²) in [4.78, 5) is 0. The first-order valence-electron chi connectivity index (χ1n) is 7.25. The van der Waals surface area contributed by atoms with Crippen LogP contribution in [0.2, 0.25) is 0 Å². The lowest BCUT2D eigenvalue weighted by molar-refractivity contribution is 0.143. The molecule has 0 aliphatic carbocycles. The molecule has 0 aliphatic heterocycles. The van der Waals surface area contributed by atoms with E-state index in [0.717, 1.165) is 13.2 Å². The highest BCUT2D eigenvalue weighted by Crippen LogP contribution is 2.06. The van der Waals surface area contributed by atoms with E-state index in [4.69, 9.17) is 4.74 Å². The van der Waals surface area contributed by atoms with Gasteiger partial charge in [-0.2, -0.15) is 0 Å². The highest BCUT2D eigenvalue weighted by molar-refractivity contribution is 4.81. The van der Waals surface area contributed by atoms with Crippen LogP contribution < -0.4 is 0 Å². The van der Waals surface area contributed by atoms with E-state index >= 15 is 0 Å². The van der Waals surface area contributed by atoms with Crippen molar-refractivity contribution in [2.45, 2.75) is 64.7 Å². The fourth-order valence-corrected chi connectivity index (χ4v) is 1.75. The van der Waals surface area contributed by atoms with Gasteiger partial charge in [-0.1, -0.05) is 31.1 Å². The number of ether oxygens (including phenoxy) is 1. The molecule has 0 N–H and O–H groups in total. The van der Waals surface area contributed by atoms with Gasteiger partial charge >= 0.3 is 0 Å². The third kappa shape index (κ3) is 15.4. The minimum atomic E-state index is 0.849. The van der Waals surface area contributed by atoms with E-state index < -0.39 is 0 Å². The van der Waals surface area contributed by atoms with Crippen molar-refractivity contribution in [1.82, 2.24) is 0 Å². The van der Waals surface area contributed by atoms with E-state index in [1.165, 1.54) is 57.8 Å². The fourth-order valence-electron chi connectivity index (χ4n) is 1.75. The third-order valence-electron chi connectivity index (χ3n) is 2.81. The molecule has 0 heterocycles. The molecular weight excluding hydrogens is 208 g/mol. The van der Waals surface area contributed by atoms with Crippen LogP contribution in [-0.4, -0.2) is 13.2 Å². The van der Waals surface area contributed by atoms with Crippen LogP contribution in [0, 0.1) is 0 Å². The lowest BCUT2D eigenvalue weighted by Crippen LogP contribution is -1.92. The van der Waals surface area contributed by atoms with Crippen LogP contribution in [0.4, 0.5) is 0 Å². The van der Waals surface area contributed by atoms with Crippen molar-refractivity contribution < 1.29 is 4.74 Å². The maximum absolute atomic E-state index is 5.29. The molecule has 0 rings (SSSR count). The summed E-state index contributed by atoms with van der Waals surface area (Å²) in [5.41, 5.74) is 0. The quantitative estimate of drug-likeness (QED) is 0.313. The zero-order chi connectivity index (χ0) is 12.6. The first-order valence-corrected chi connectivity index (χ1v) is 7.25. The van der Waals surface area contributed by atoms with Gasteiger partial charge in [0.05, 0.1) is 0 Å². The monoisotopic (exact) mass is 238 g/mol. The van der Waals surface area contributed by atoms with E-state index in [2.05, 4.69) is 25.7 Å². The van der Waals surface area contributed by atoms with Gasteiger partial charge in [-0.25, -0.2) is 0 Å². The van der Waals surface area contributed by atoms with E-state index in [9.17, 15) is 0 Å². The Bertz CT molecular complexity index is 172. The summed E-state index contributed by atoms with van der Waals surface area (Å²) in [6.45, 7) is 7.56. The Kier molecular flexibility index (Phi) is 14.9. The molecule has 0 spiro atoms. The van der Waals surface area contributed by atoms with Crippen LogP contribution in [0.1, 0.15) is 64.7 Å². The summed E-state index contributed by atoms with van der Waals surface area (Å²) in [7, 11) is 0. The van der Waals surface area contributed by atoms with Crippen molar-refractivity contribution in [2.24, 2.45) is 0 Å². The van der Waals surface area contributed by atoms with Crippen molar-refractivity contribution in [3.8, 4) is 0 Å². The average molecular weight is 238 g/mol. The van der Waals surface area contributed by atoms with E-state index in [0.29, 0.717) is 0 Å². The summed E-state index contributed by atoms with van der Waals surface area (Å²) in [6.07, 6.45) is 18.1. The molecule has 0 radical (unpaired) electrons. The molecule has 0 bridgehead atoms. The van der Waals surface area contributed by atoms with Crippen molar-refractivity contribution in [1.29, 1.82) is 0 Å². The Morgan fingerprint density at radius 1 is 0.824 bits per heavy atom. The molecule has 0 aromatic carbocycles. The van der Waals surface area contributed by atoms with Crippen LogP contribution in [0.3, 0.4) is 0 Å². The zero-order valence-electron chi connectivity index (χ0n) is 11.6. The fraction of sp³-hybridized carbons (Fsp3) is 0.750. The Labute approximate surface area is 108 Å². The number of hydrogen-bond acceptors (Lipinski definition) is 1. The van der Waals surface area contributed by atoms with E-state index in [1.54, 1.807) is 0 Å². The maximum Gasteiger partial charge on any atom is 0.0466 e. The molecule has 0 amide bonds. The van der Waals surface area contributed by atoms with Crippen LogP contribution in [0.5, 0.6) is 0 Å². The summed E-state index contributed by atoms with van der Waals surface area (Å²) < 4.78 is 5.29. The summed E-state index contributed by atoms with van der Waals surface area (Å²) >= 11 is 0. The molecule has 0 fully saturated rings. The Morgan fingerprint density at radius 2 is 1.41 bits per heavy atom. The Hall–Kier alpha value is -0.560. The normalized spacial score (nSPS) is 11.1. The van der Waals surface area contributed by atoms with Gasteiger partial charge in [0.2, 0.25) is 0 Å². The molecule has 17 heavy (non-hydrogen) atoms. The van der Waals surface area contributed by atoms with Gasteiger partial charge in [-0.3, -0.25) is 0 Å². The van der Waals surface area contributed by atoms with E-state index in [1.807, 2.05) is 6.08 Å². The Morgan fingerprint density at radius 3 is 2.00 bits per heavy atom. The van der Waals surface area contributed by atoms with Gasteiger partial charge < -0.3 is 4.74 Å². The molecule has 0 saturated carbocycles. The highest BCUT2D eigenvalue weighted by atomic mass is 16.5. The van der Waals surface area contributed by atoms with Crippen LogP contribution >= 0.6 is 0 Å². The smallest absolute Gasteiger partial charge is 0.0466 e. The maximum atomic E-state index is 5.29. The molecular formula is C16H30O. The third-order valence-corrected chi connectivity index (χ3v) is 2.81. The highest BCUT2D eigenvalue weighted by Gasteiger charge is 1.88. The van der Waals surface area contributed by atoms with Gasteiger partial charge in [0.15, 0.2) is 0 Å². The van der Waals surface area contributed by atoms with Crippen LogP contribution in [-0.2, 0) is 4.74 Å². The van der Waals surface area contributed by atoms with Gasteiger partial charge in [0.1, 0.15) is 0 Å². The first-order chi connectivity index (χ1) is 8.41. The standard InChI is InChI=1S/C16H30O/c1-3-5-6-7-8-9-10-11-12-13-14-15-16-17-4-2/h3,11-12H,1,4-10,13-16H2,2H3. The lowest BCUT2D eigenvalue weighted by Gasteiger charge is -1.99. The molecule has 1 heteroatoms. The van der Waals surface area contributed by atoms with Gasteiger partial charge in [-0.05, 0) is 51.9 Å². The molecule has 0 atom stereocenters. The lowest BCUT2D eigenvalue weighted by atomic mass is 10.1. The predicted octanol–water partition coefficient (Wildman–Crippen LogP) is 5.28. The molecule has 0 unspecified atom stereocenters. The van der Waals surface area contributed by atoms with Gasteiger partial charge in [0, 0.05) is 13.2 Å². The van der Waals surface area contributed by atoms with Crippen LogP contribution in [0.25, 0.3) is 0 Å². The molecule has 0 saturated heterocycles. The largest absolute Gasteiger partial charge is 0.382 e. The average Bonchev–Trinajstić information content (AvgIpc) is 2.35. The second-order valence-electron chi connectivity index (χ2n) is 4.44. The number of allylic oxidation sites excluding steroid dienone is 3. The SMILES string of the molecule is C=CCCCCCCC=CCCCCOCC. The molecule has 100 valence electrons. The second kappa shape index (κ2) is 15.4. The minimum Gasteiger partial charge on any atom is -0.382 e. The summed E-state index contributed by atoms with van der Waals surface area (Å²) in [5.74, 6) is 0. The number of rotatable bonds is 13. The topological polar surface area (TPSA) is 9.23 Å². The minimum absolute atomic E-state index is 0.849. The van der Waals surface area contributed by atoms with E-state index in [-0.39, 0.29) is 0 Å². The Balaban J connectivity index is 3.01. The van der Waals surface area contributed by atoms with Crippen LogP contribution in [0.15, 0.2) is 24.8 Å². The zero-order valence-corrected chi connectivity index (χ0v) is 11.6. The van der Waals surface area contributed by atoms with Crippen molar-refractivity contribution in [3.63, 3.8) is 0 Å². The van der Waals surface area contributed by atoms with Gasteiger partial charge in [0.25, 0.3) is 0 Å². The molecule has 0 aliphatic rings. The molecule has 0 aromatic rings. The number of unbranched alkanes of at least 4 members (excludes halogenated alkanes) is 7. The summed E-state index contributed by atoms with van der Waals surface area (Å²) in [5, 5.41) is 0. The second-order valence-corrected chi connectivity index (χ2v) is 4.44. The molecule has 1 nitrogen and oxygen atoms in total. The van der Waals surface area contributed by atoms with Crippen molar-refractivity contribution in [2.75, 3.05) is 13.2 Å². The predicted molar refractivity (Wildman–Crippen MR) is 77.4 cm³/mol. The first kappa shape index (κ1) is 16.4. The van der Waals surface area contributed by atoms with Crippen molar-refractivity contribution in [3.05, 3.63) is 24.8 Å². The summed E-state index contributed by atoms with van der Waals surface area (Å²) in [6, 6.07) is 0.